The van der Waals surface area contributed by atoms with Crippen molar-refractivity contribution in [1.82, 2.24) is 5.32 Å². The van der Waals surface area contributed by atoms with E-state index in [4.69, 9.17) is 0 Å². The van der Waals surface area contributed by atoms with Crippen LogP contribution in [-0.4, -0.2) is 13.1 Å². The minimum Gasteiger partial charge on any atom is -0.316 e. The lowest BCUT2D eigenvalue weighted by Gasteiger charge is -2.21. The highest BCUT2D eigenvalue weighted by molar-refractivity contribution is 5.27. The van der Waals surface area contributed by atoms with E-state index in [-0.39, 0.29) is 5.92 Å². The molecule has 0 saturated carbocycles. The van der Waals surface area contributed by atoms with Crippen LogP contribution in [0.4, 0.5) is 13.2 Å². The van der Waals surface area contributed by atoms with Gasteiger partial charge in [-0.3, -0.25) is 0 Å². The van der Waals surface area contributed by atoms with Crippen molar-refractivity contribution in [3.05, 3.63) is 35.4 Å². The van der Waals surface area contributed by atoms with Crippen LogP contribution < -0.4 is 5.32 Å². The van der Waals surface area contributed by atoms with E-state index < -0.39 is 11.7 Å². The zero-order chi connectivity index (χ0) is 14.5. The zero-order valence-electron chi connectivity index (χ0n) is 11.7. The van der Waals surface area contributed by atoms with Crippen molar-refractivity contribution in [2.24, 2.45) is 5.92 Å². The van der Waals surface area contributed by atoms with E-state index in [0.29, 0.717) is 5.92 Å². The third kappa shape index (κ3) is 4.86. The minimum atomic E-state index is -4.25. The lowest BCUT2D eigenvalue weighted by molar-refractivity contribution is -0.137. The molecular formula is C15H22F3N. The molecule has 1 N–H and O–H groups in total. The van der Waals surface area contributed by atoms with Crippen molar-refractivity contribution in [2.75, 3.05) is 13.1 Å². The molecule has 1 nitrogen and oxygen atoms in total. The topological polar surface area (TPSA) is 12.0 Å². The van der Waals surface area contributed by atoms with Gasteiger partial charge in [0, 0.05) is 0 Å². The summed E-state index contributed by atoms with van der Waals surface area (Å²) in [4.78, 5) is 0. The van der Waals surface area contributed by atoms with Crippen LogP contribution in [0.15, 0.2) is 24.3 Å². The summed E-state index contributed by atoms with van der Waals surface area (Å²) < 4.78 is 37.4. The van der Waals surface area contributed by atoms with Crippen molar-refractivity contribution in [3.63, 3.8) is 0 Å². The predicted octanol–water partition coefficient (Wildman–Crippen LogP) is 4.44. The lowest BCUT2D eigenvalue weighted by Crippen LogP contribution is -2.25. The number of halogens is 3. The van der Waals surface area contributed by atoms with Gasteiger partial charge in [-0.05, 0) is 49.0 Å². The second-order valence-electron chi connectivity index (χ2n) is 5.09. The summed E-state index contributed by atoms with van der Waals surface area (Å²) in [6.45, 7) is 8.14. The normalized spacial score (nSPS) is 15.3. The molecule has 0 aromatic heterocycles. The Labute approximate surface area is 113 Å². The van der Waals surface area contributed by atoms with Gasteiger partial charge in [-0.2, -0.15) is 13.2 Å². The maximum absolute atomic E-state index is 12.5. The Balaban J connectivity index is 2.64. The molecule has 1 rings (SSSR count). The van der Waals surface area contributed by atoms with Gasteiger partial charge in [-0.25, -0.2) is 0 Å². The number of hydrogen-bond acceptors (Lipinski definition) is 1. The summed E-state index contributed by atoms with van der Waals surface area (Å²) in [6.07, 6.45) is -3.17. The molecule has 0 aliphatic carbocycles. The number of alkyl halides is 3. The van der Waals surface area contributed by atoms with Gasteiger partial charge in [-0.15, -0.1) is 0 Å². The Morgan fingerprint density at radius 2 is 1.68 bits per heavy atom. The van der Waals surface area contributed by atoms with Crippen LogP contribution in [0.2, 0.25) is 0 Å². The Bertz CT molecular complexity index is 370. The molecule has 0 fully saturated rings. The van der Waals surface area contributed by atoms with Gasteiger partial charge in [0.1, 0.15) is 0 Å². The molecule has 1 aromatic carbocycles. The second kappa shape index (κ2) is 6.94. The Hall–Kier alpha value is -1.03. The SMILES string of the molecule is CCCNCC(C)C(C)c1ccc(C(F)(F)F)cc1. The van der Waals surface area contributed by atoms with E-state index >= 15 is 0 Å². The van der Waals surface area contributed by atoms with Crippen LogP contribution in [0.1, 0.15) is 44.2 Å². The molecule has 0 spiro atoms. The van der Waals surface area contributed by atoms with Crippen molar-refractivity contribution in [3.8, 4) is 0 Å². The molecule has 4 heteroatoms. The molecule has 0 saturated heterocycles. The van der Waals surface area contributed by atoms with Crippen LogP contribution in [0.25, 0.3) is 0 Å². The van der Waals surface area contributed by atoms with Crippen LogP contribution in [0.5, 0.6) is 0 Å². The quantitative estimate of drug-likeness (QED) is 0.755. The maximum Gasteiger partial charge on any atom is 0.416 e. The minimum absolute atomic E-state index is 0.242. The smallest absolute Gasteiger partial charge is 0.316 e. The van der Waals surface area contributed by atoms with Gasteiger partial charge in [0.2, 0.25) is 0 Å². The van der Waals surface area contributed by atoms with Crippen LogP contribution in [0.3, 0.4) is 0 Å². The zero-order valence-corrected chi connectivity index (χ0v) is 11.7. The van der Waals surface area contributed by atoms with Gasteiger partial charge in [0.25, 0.3) is 0 Å². The first-order chi connectivity index (χ1) is 8.86. The number of rotatable bonds is 6. The fraction of sp³-hybridized carbons (Fsp3) is 0.600. The average molecular weight is 273 g/mol. The van der Waals surface area contributed by atoms with E-state index in [9.17, 15) is 13.2 Å². The molecule has 2 unspecified atom stereocenters. The van der Waals surface area contributed by atoms with Crippen LogP contribution >= 0.6 is 0 Å². The van der Waals surface area contributed by atoms with Crippen molar-refractivity contribution < 1.29 is 13.2 Å². The Morgan fingerprint density at radius 3 is 2.16 bits per heavy atom. The van der Waals surface area contributed by atoms with Crippen molar-refractivity contribution in [2.45, 2.75) is 39.3 Å². The average Bonchev–Trinajstić information content (AvgIpc) is 2.37. The van der Waals surface area contributed by atoms with E-state index in [1.54, 1.807) is 12.1 Å². The van der Waals surface area contributed by atoms with Crippen molar-refractivity contribution in [1.29, 1.82) is 0 Å². The first-order valence-corrected chi connectivity index (χ1v) is 6.74. The monoisotopic (exact) mass is 273 g/mol. The fourth-order valence-electron chi connectivity index (χ4n) is 1.99. The van der Waals surface area contributed by atoms with Crippen LogP contribution in [-0.2, 0) is 6.18 Å². The number of hydrogen-bond donors (Lipinski definition) is 1. The summed E-state index contributed by atoms with van der Waals surface area (Å²) >= 11 is 0. The van der Waals surface area contributed by atoms with Crippen molar-refractivity contribution >= 4 is 0 Å². The first kappa shape index (κ1) is 16.0. The van der Waals surface area contributed by atoms with E-state index in [1.807, 2.05) is 0 Å². The third-order valence-corrected chi connectivity index (χ3v) is 3.51. The number of nitrogens with one attached hydrogen (secondary N) is 1. The number of benzene rings is 1. The van der Waals surface area contributed by atoms with Crippen LogP contribution in [0, 0.1) is 5.92 Å². The molecule has 1 aromatic rings. The van der Waals surface area contributed by atoms with Gasteiger partial charge < -0.3 is 5.32 Å². The summed E-state index contributed by atoms with van der Waals surface area (Å²) in [5, 5.41) is 3.34. The third-order valence-electron chi connectivity index (χ3n) is 3.51. The molecule has 0 bridgehead atoms. The van der Waals surface area contributed by atoms with E-state index in [2.05, 4.69) is 26.1 Å². The summed E-state index contributed by atoms with van der Waals surface area (Å²) in [7, 11) is 0. The van der Waals surface area contributed by atoms with Gasteiger partial charge in [0.05, 0.1) is 5.56 Å². The standard InChI is InChI=1S/C15H22F3N/c1-4-9-19-10-11(2)12(3)13-5-7-14(8-6-13)15(16,17)18/h5-8,11-12,19H,4,9-10H2,1-3H3. The second-order valence-corrected chi connectivity index (χ2v) is 5.09. The summed E-state index contributed by atoms with van der Waals surface area (Å²) in [5.74, 6) is 0.634. The molecule has 19 heavy (non-hydrogen) atoms. The maximum atomic E-state index is 12.5. The summed E-state index contributed by atoms with van der Waals surface area (Å²) in [5.41, 5.74) is 0.374. The van der Waals surface area contributed by atoms with Gasteiger partial charge in [-0.1, -0.05) is 32.9 Å². The van der Waals surface area contributed by atoms with Gasteiger partial charge in [0.15, 0.2) is 0 Å². The molecule has 0 aliphatic rings. The Kier molecular flexibility index (Phi) is 5.85. The molecular weight excluding hydrogens is 251 g/mol. The Morgan fingerprint density at radius 1 is 1.11 bits per heavy atom. The predicted molar refractivity (Wildman–Crippen MR) is 72.2 cm³/mol. The molecule has 2 atom stereocenters. The molecule has 0 heterocycles. The fourth-order valence-corrected chi connectivity index (χ4v) is 1.99. The highest BCUT2D eigenvalue weighted by atomic mass is 19.4. The van der Waals surface area contributed by atoms with E-state index in [1.165, 1.54) is 0 Å². The largest absolute Gasteiger partial charge is 0.416 e. The molecule has 108 valence electrons. The summed E-state index contributed by atoms with van der Waals surface area (Å²) in [6, 6.07) is 5.50. The molecule has 0 aliphatic heterocycles. The van der Waals surface area contributed by atoms with Gasteiger partial charge >= 0.3 is 6.18 Å². The van der Waals surface area contributed by atoms with E-state index in [0.717, 1.165) is 37.2 Å². The molecule has 0 radical (unpaired) electrons. The highest BCUT2D eigenvalue weighted by Gasteiger charge is 2.30. The molecule has 0 amide bonds. The lowest BCUT2D eigenvalue weighted by atomic mass is 9.88. The first-order valence-electron chi connectivity index (χ1n) is 6.74. The highest BCUT2D eigenvalue weighted by Crippen LogP contribution is 2.31.